The molecule has 2 atom stereocenters. The van der Waals surface area contributed by atoms with Gasteiger partial charge in [0.05, 0.1) is 41.7 Å². The van der Waals surface area contributed by atoms with Crippen LogP contribution in [0.5, 0.6) is 0 Å². The number of cyclic esters (lactones) is 1. The van der Waals surface area contributed by atoms with E-state index in [0.29, 0.717) is 40.9 Å². The average Bonchev–Trinajstić information content (AvgIpc) is 3.35. The molecule has 0 saturated carbocycles. The Morgan fingerprint density at radius 2 is 1.95 bits per heavy atom. The van der Waals surface area contributed by atoms with Crippen LogP contribution in [0.25, 0.3) is 22.3 Å². The number of amides is 2. The number of benzene rings is 1. The molecule has 0 unspecified atom stereocenters. The monoisotopic (exact) mass is 578 g/mol. The summed E-state index contributed by atoms with van der Waals surface area (Å²) in [5, 5.41) is 26.4. The van der Waals surface area contributed by atoms with E-state index in [4.69, 9.17) is 14.8 Å². The number of ether oxygens (including phenoxy) is 1. The fourth-order valence-electron chi connectivity index (χ4n) is 6.48. The van der Waals surface area contributed by atoms with Crippen LogP contribution in [0.2, 0.25) is 0 Å². The Kier molecular flexibility index (Phi) is 6.85. The summed E-state index contributed by atoms with van der Waals surface area (Å²) >= 11 is 0. The number of aliphatic hydroxyl groups is 2. The van der Waals surface area contributed by atoms with Gasteiger partial charge in [0.15, 0.2) is 5.60 Å². The number of esters is 1. The molecule has 1 aromatic carbocycles. The SMILES string of the molecule is CC[C@@]1(O)C(=O)OCc2c1cc1n(c2=O)Cc2c-1nc1cc(F)c(C)c3c1c2[C@@H](NC(=O)CCC(=O)NCCO)CC3. The average molecular weight is 579 g/mol. The van der Waals surface area contributed by atoms with Crippen LogP contribution >= 0.6 is 0 Å². The molecular weight excluding hydrogens is 547 g/mol. The maximum atomic E-state index is 15.0. The zero-order chi connectivity index (χ0) is 29.9. The van der Waals surface area contributed by atoms with Crippen molar-refractivity contribution in [2.45, 2.75) is 70.7 Å². The third kappa shape index (κ3) is 4.19. The molecule has 0 fully saturated rings. The first kappa shape index (κ1) is 28.0. The van der Waals surface area contributed by atoms with Crippen LogP contribution in [0.15, 0.2) is 16.9 Å². The number of pyridine rings is 2. The Labute approximate surface area is 239 Å². The van der Waals surface area contributed by atoms with E-state index in [1.54, 1.807) is 19.9 Å². The summed E-state index contributed by atoms with van der Waals surface area (Å²) in [4.78, 5) is 56.0. The van der Waals surface area contributed by atoms with E-state index in [0.717, 1.165) is 16.5 Å². The second-order valence-electron chi connectivity index (χ2n) is 11.0. The molecule has 12 heteroatoms. The van der Waals surface area contributed by atoms with E-state index in [1.807, 2.05) is 0 Å². The van der Waals surface area contributed by atoms with Crippen molar-refractivity contribution in [1.82, 2.24) is 20.2 Å². The molecule has 2 amide bonds. The maximum absolute atomic E-state index is 15.0. The highest BCUT2D eigenvalue weighted by Crippen LogP contribution is 2.45. The lowest BCUT2D eigenvalue weighted by Crippen LogP contribution is -2.44. The highest BCUT2D eigenvalue weighted by atomic mass is 19.1. The first-order chi connectivity index (χ1) is 20.1. The standard InChI is InChI=1S/C30H31FN4O7/c1-3-30(41)18-10-22-27-16(12-35(22)28(39)17(18)13-42-29(30)40)26-20(33-24(38)7-6-23(37)32-8-9-36)5-4-15-14(2)19(31)11-21(34-27)25(15)26/h10-11,20,36,41H,3-9,12-13H2,1-2H3,(H,32,37)(H,33,38)/t20-,30-/m0/s1. The van der Waals surface area contributed by atoms with Gasteiger partial charge in [0.1, 0.15) is 12.4 Å². The predicted octanol–water partition coefficient (Wildman–Crippen LogP) is 1.52. The Bertz CT molecular complexity index is 1750. The van der Waals surface area contributed by atoms with Crippen molar-refractivity contribution in [3.8, 4) is 11.4 Å². The van der Waals surface area contributed by atoms with Crippen LogP contribution in [0.4, 0.5) is 4.39 Å². The van der Waals surface area contributed by atoms with Crippen molar-refractivity contribution < 1.29 is 33.7 Å². The van der Waals surface area contributed by atoms with Crippen LogP contribution < -0.4 is 16.2 Å². The number of nitrogens with one attached hydrogen (secondary N) is 2. The molecule has 0 saturated heterocycles. The van der Waals surface area contributed by atoms with Gasteiger partial charge in [-0.2, -0.15) is 0 Å². The number of fused-ring (bicyclic) bond motifs is 5. The molecule has 0 bridgehead atoms. The van der Waals surface area contributed by atoms with Gasteiger partial charge in [-0.05, 0) is 48.9 Å². The fourth-order valence-corrected chi connectivity index (χ4v) is 6.48. The summed E-state index contributed by atoms with van der Waals surface area (Å²) in [5.74, 6) is -1.92. The van der Waals surface area contributed by atoms with Gasteiger partial charge < -0.3 is 30.2 Å². The van der Waals surface area contributed by atoms with E-state index >= 15 is 4.39 Å². The minimum atomic E-state index is -1.98. The maximum Gasteiger partial charge on any atom is 0.343 e. The molecule has 220 valence electrons. The Balaban J connectivity index is 1.47. The van der Waals surface area contributed by atoms with Gasteiger partial charge in [0.25, 0.3) is 5.56 Å². The molecule has 2 aliphatic heterocycles. The van der Waals surface area contributed by atoms with Gasteiger partial charge in [-0.3, -0.25) is 14.4 Å². The second-order valence-corrected chi connectivity index (χ2v) is 11.0. The first-order valence-corrected chi connectivity index (χ1v) is 14.1. The lowest BCUT2D eigenvalue weighted by Gasteiger charge is -2.31. The molecule has 3 aliphatic rings. The van der Waals surface area contributed by atoms with Gasteiger partial charge >= 0.3 is 5.97 Å². The number of nitrogens with zero attached hydrogens (tertiary/aromatic N) is 2. The lowest BCUT2D eigenvalue weighted by molar-refractivity contribution is -0.172. The molecule has 0 spiro atoms. The molecule has 0 radical (unpaired) electrons. The van der Waals surface area contributed by atoms with Crippen LogP contribution in [-0.4, -0.2) is 50.7 Å². The zero-order valence-corrected chi connectivity index (χ0v) is 23.3. The van der Waals surface area contributed by atoms with Crippen molar-refractivity contribution in [1.29, 1.82) is 0 Å². The fraction of sp³-hybridized carbons (Fsp3) is 0.433. The number of hydrogen-bond acceptors (Lipinski definition) is 8. The van der Waals surface area contributed by atoms with Crippen molar-refractivity contribution in [3.05, 3.63) is 61.7 Å². The van der Waals surface area contributed by atoms with Crippen molar-refractivity contribution in [2.24, 2.45) is 0 Å². The topological polar surface area (TPSA) is 160 Å². The van der Waals surface area contributed by atoms with Crippen molar-refractivity contribution in [2.75, 3.05) is 13.2 Å². The van der Waals surface area contributed by atoms with E-state index in [1.165, 1.54) is 10.6 Å². The van der Waals surface area contributed by atoms with E-state index in [-0.39, 0.29) is 68.5 Å². The number of aliphatic hydroxyl groups excluding tert-OH is 1. The van der Waals surface area contributed by atoms with E-state index in [9.17, 15) is 24.3 Å². The van der Waals surface area contributed by atoms with Gasteiger partial charge in [-0.1, -0.05) is 6.92 Å². The second kappa shape index (κ2) is 10.3. The van der Waals surface area contributed by atoms with Crippen LogP contribution in [0.3, 0.4) is 0 Å². The molecule has 1 aliphatic carbocycles. The molecule has 4 heterocycles. The number of halogens is 1. The molecule has 2 aromatic heterocycles. The highest BCUT2D eigenvalue weighted by molar-refractivity contribution is 5.94. The first-order valence-electron chi connectivity index (χ1n) is 14.1. The third-order valence-electron chi connectivity index (χ3n) is 8.73. The number of rotatable bonds is 7. The van der Waals surface area contributed by atoms with Gasteiger partial charge in [-0.25, -0.2) is 14.2 Å². The summed E-state index contributed by atoms with van der Waals surface area (Å²) in [7, 11) is 0. The minimum Gasteiger partial charge on any atom is -0.458 e. The van der Waals surface area contributed by atoms with Gasteiger partial charge in [-0.15, -0.1) is 0 Å². The molecular formula is C30H31FN4O7. The van der Waals surface area contributed by atoms with Crippen LogP contribution in [0, 0.1) is 12.7 Å². The number of carbonyl (C=O) groups is 3. The Hall–Kier alpha value is -4.16. The Morgan fingerprint density at radius 1 is 1.19 bits per heavy atom. The van der Waals surface area contributed by atoms with Crippen molar-refractivity contribution >= 4 is 28.7 Å². The molecule has 6 rings (SSSR count). The van der Waals surface area contributed by atoms with E-state index < -0.39 is 29.0 Å². The summed E-state index contributed by atoms with van der Waals surface area (Å²) in [5.41, 5.74) is 1.93. The highest BCUT2D eigenvalue weighted by Gasteiger charge is 2.46. The summed E-state index contributed by atoms with van der Waals surface area (Å²) in [6.07, 6.45) is 0.877. The molecule has 42 heavy (non-hydrogen) atoms. The van der Waals surface area contributed by atoms with Crippen LogP contribution in [0.1, 0.15) is 72.0 Å². The van der Waals surface area contributed by atoms with Gasteiger partial charge in [0.2, 0.25) is 11.8 Å². The van der Waals surface area contributed by atoms with Crippen LogP contribution in [-0.2, 0) is 44.3 Å². The van der Waals surface area contributed by atoms with Crippen molar-refractivity contribution in [3.63, 3.8) is 0 Å². The van der Waals surface area contributed by atoms with E-state index in [2.05, 4.69) is 10.6 Å². The smallest absolute Gasteiger partial charge is 0.343 e. The third-order valence-corrected chi connectivity index (χ3v) is 8.73. The summed E-state index contributed by atoms with van der Waals surface area (Å²) in [6, 6.07) is 2.48. The number of hydrogen-bond donors (Lipinski definition) is 4. The largest absolute Gasteiger partial charge is 0.458 e. The molecule has 4 N–H and O–H groups in total. The predicted molar refractivity (Wildman–Crippen MR) is 148 cm³/mol. The summed E-state index contributed by atoms with van der Waals surface area (Å²) < 4.78 is 21.7. The van der Waals surface area contributed by atoms with Gasteiger partial charge in [0, 0.05) is 42.0 Å². The molecule has 3 aromatic rings. The molecule has 11 nitrogen and oxygen atoms in total. The Morgan fingerprint density at radius 3 is 2.69 bits per heavy atom. The number of aromatic nitrogens is 2. The number of aryl methyl sites for hydroxylation is 1. The summed E-state index contributed by atoms with van der Waals surface area (Å²) in [6.45, 7) is 3.13. The quantitative estimate of drug-likeness (QED) is 0.240. The lowest BCUT2D eigenvalue weighted by atomic mass is 9.81. The normalized spacial score (nSPS) is 20.0. The zero-order valence-electron chi connectivity index (χ0n) is 23.3. The minimum absolute atomic E-state index is 0.00492. The number of carbonyl (C=O) groups excluding carboxylic acids is 3.